The van der Waals surface area contributed by atoms with Crippen LogP contribution in [0.3, 0.4) is 0 Å². The SMILES string of the molecule is CCC(C(=O)c1ccccc1)N(C)CCOC. The van der Waals surface area contributed by atoms with Gasteiger partial charge < -0.3 is 4.74 Å². The third-order valence-corrected chi connectivity index (χ3v) is 2.93. The van der Waals surface area contributed by atoms with E-state index in [2.05, 4.69) is 4.90 Å². The fraction of sp³-hybridized carbons (Fsp3) is 0.500. The van der Waals surface area contributed by atoms with E-state index in [-0.39, 0.29) is 11.8 Å². The highest BCUT2D eigenvalue weighted by Gasteiger charge is 2.21. The summed E-state index contributed by atoms with van der Waals surface area (Å²) in [5, 5.41) is 0. The van der Waals surface area contributed by atoms with Gasteiger partial charge in [0.25, 0.3) is 0 Å². The van der Waals surface area contributed by atoms with Crippen LogP contribution in [0.5, 0.6) is 0 Å². The Morgan fingerprint density at radius 2 is 2.00 bits per heavy atom. The van der Waals surface area contributed by atoms with Gasteiger partial charge in [-0.2, -0.15) is 0 Å². The Morgan fingerprint density at radius 3 is 2.53 bits per heavy atom. The summed E-state index contributed by atoms with van der Waals surface area (Å²) in [6.45, 7) is 3.46. The first-order chi connectivity index (χ1) is 8.20. The van der Waals surface area contributed by atoms with Crippen molar-refractivity contribution < 1.29 is 9.53 Å². The molecule has 0 bridgehead atoms. The number of carbonyl (C=O) groups is 1. The molecule has 17 heavy (non-hydrogen) atoms. The van der Waals surface area contributed by atoms with Gasteiger partial charge in [-0.05, 0) is 13.5 Å². The molecule has 3 heteroatoms. The number of benzene rings is 1. The zero-order valence-electron chi connectivity index (χ0n) is 10.8. The molecule has 0 fully saturated rings. The lowest BCUT2D eigenvalue weighted by molar-refractivity contribution is 0.0798. The monoisotopic (exact) mass is 235 g/mol. The number of hydrogen-bond donors (Lipinski definition) is 0. The maximum atomic E-state index is 12.3. The summed E-state index contributed by atoms with van der Waals surface area (Å²) in [6, 6.07) is 9.40. The highest BCUT2D eigenvalue weighted by atomic mass is 16.5. The van der Waals surface area contributed by atoms with Crippen molar-refractivity contribution in [1.82, 2.24) is 4.90 Å². The number of hydrogen-bond acceptors (Lipinski definition) is 3. The molecule has 1 unspecified atom stereocenters. The standard InChI is InChI=1S/C14H21NO2/c1-4-13(15(2)10-11-17-3)14(16)12-8-6-5-7-9-12/h5-9,13H,4,10-11H2,1-3H3. The third-order valence-electron chi connectivity index (χ3n) is 2.93. The van der Waals surface area contributed by atoms with Crippen LogP contribution in [0, 0.1) is 0 Å². The number of nitrogens with zero attached hydrogens (tertiary/aromatic N) is 1. The second-order valence-electron chi connectivity index (χ2n) is 4.13. The summed E-state index contributed by atoms with van der Waals surface area (Å²) in [4.78, 5) is 14.4. The fourth-order valence-electron chi connectivity index (χ4n) is 1.88. The molecule has 0 saturated heterocycles. The topological polar surface area (TPSA) is 29.5 Å². The minimum absolute atomic E-state index is 0.0625. The lowest BCUT2D eigenvalue weighted by Crippen LogP contribution is -2.39. The molecule has 0 heterocycles. The Morgan fingerprint density at radius 1 is 1.35 bits per heavy atom. The normalized spacial score (nSPS) is 12.7. The Hall–Kier alpha value is -1.19. The van der Waals surface area contributed by atoms with Crippen molar-refractivity contribution in [3.05, 3.63) is 35.9 Å². The van der Waals surface area contributed by atoms with E-state index >= 15 is 0 Å². The van der Waals surface area contributed by atoms with Crippen LogP contribution in [0.15, 0.2) is 30.3 Å². The molecule has 0 aliphatic heterocycles. The van der Waals surface area contributed by atoms with E-state index in [0.29, 0.717) is 6.61 Å². The van der Waals surface area contributed by atoms with Crippen molar-refractivity contribution in [3.63, 3.8) is 0 Å². The average molecular weight is 235 g/mol. The number of likely N-dealkylation sites (N-methyl/N-ethyl adjacent to an activating group) is 1. The van der Waals surface area contributed by atoms with Crippen LogP contribution in [0.25, 0.3) is 0 Å². The van der Waals surface area contributed by atoms with Crippen LogP contribution in [0.1, 0.15) is 23.7 Å². The van der Waals surface area contributed by atoms with Crippen LogP contribution in [0.2, 0.25) is 0 Å². The van der Waals surface area contributed by atoms with Crippen molar-refractivity contribution >= 4 is 5.78 Å². The van der Waals surface area contributed by atoms with Gasteiger partial charge in [0.1, 0.15) is 0 Å². The molecule has 1 rings (SSSR count). The summed E-state index contributed by atoms with van der Waals surface area (Å²) in [7, 11) is 3.64. The highest BCUT2D eigenvalue weighted by molar-refractivity contribution is 6.00. The van der Waals surface area contributed by atoms with Gasteiger partial charge in [0.2, 0.25) is 0 Å². The molecule has 3 nitrogen and oxygen atoms in total. The summed E-state index contributed by atoms with van der Waals surface area (Å²) in [5.74, 6) is 0.187. The molecule has 1 atom stereocenters. The molecule has 0 aliphatic carbocycles. The van der Waals surface area contributed by atoms with Gasteiger partial charge in [0.05, 0.1) is 12.6 Å². The maximum absolute atomic E-state index is 12.3. The van der Waals surface area contributed by atoms with E-state index in [1.807, 2.05) is 44.3 Å². The Kier molecular flexibility index (Phi) is 5.87. The summed E-state index contributed by atoms with van der Waals surface area (Å²) < 4.78 is 5.04. The quantitative estimate of drug-likeness (QED) is 0.679. The minimum atomic E-state index is -0.0625. The van der Waals surface area contributed by atoms with E-state index in [1.54, 1.807) is 7.11 Å². The molecule has 0 aromatic heterocycles. The van der Waals surface area contributed by atoms with Crippen molar-refractivity contribution in [2.45, 2.75) is 19.4 Å². The zero-order chi connectivity index (χ0) is 12.7. The second kappa shape index (κ2) is 7.20. The predicted molar refractivity (Wildman–Crippen MR) is 69.4 cm³/mol. The van der Waals surface area contributed by atoms with Gasteiger partial charge in [-0.3, -0.25) is 9.69 Å². The number of carbonyl (C=O) groups excluding carboxylic acids is 1. The molecule has 0 amide bonds. The average Bonchev–Trinajstić information content (AvgIpc) is 2.38. The van der Waals surface area contributed by atoms with Gasteiger partial charge in [0, 0.05) is 19.2 Å². The van der Waals surface area contributed by atoms with E-state index < -0.39 is 0 Å². The fourth-order valence-corrected chi connectivity index (χ4v) is 1.88. The lowest BCUT2D eigenvalue weighted by Gasteiger charge is -2.25. The Labute approximate surface area is 103 Å². The first-order valence-corrected chi connectivity index (χ1v) is 5.99. The van der Waals surface area contributed by atoms with E-state index in [4.69, 9.17) is 4.74 Å². The molecule has 94 valence electrons. The van der Waals surface area contributed by atoms with Crippen molar-refractivity contribution in [1.29, 1.82) is 0 Å². The van der Waals surface area contributed by atoms with Crippen LogP contribution in [0.4, 0.5) is 0 Å². The van der Waals surface area contributed by atoms with E-state index in [1.165, 1.54) is 0 Å². The Bertz CT molecular complexity index is 337. The van der Waals surface area contributed by atoms with Gasteiger partial charge in [-0.1, -0.05) is 37.3 Å². The van der Waals surface area contributed by atoms with Crippen LogP contribution >= 0.6 is 0 Å². The molecule has 0 saturated carbocycles. The Balaban J connectivity index is 2.70. The maximum Gasteiger partial charge on any atom is 0.179 e. The predicted octanol–water partition coefficient (Wildman–Crippen LogP) is 2.23. The summed E-state index contributed by atoms with van der Waals surface area (Å²) in [5.41, 5.74) is 0.781. The first-order valence-electron chi connectivity index (χ1n) is 5.99. The largest absolute Gasteiger partial charge is 0.383 e. The second-order valence-corrected chi connectivity index (χ2v) is 4.13. The van der Waals surface area contributed by atoms with Crippen LogP contribution in [-0.4, -0.2) is 44.0 Å². The van der Waals surface area contributed by atoms with Gasteiger partial charge in [0.15, 0.2) is 5.78 Å². The molecule has 1 aromatic rings. The summed E-state index contributed by atoms with van der Waals surface area (Å²) >= 11 is 0. The van der Waals surface area contributed by atoms with Crippen molar-refractivity contribution in [3.8, 4) is 0 Å². The van der Waals surface area contributed by atoms with E-state index in [0.717, 1.165) is 18.5 Å². The molecule has 0 N–H and O–H groups in total. The molecule has 0 aliphatic rings. The third kappa shape index (κ3) is 3.95. The highest BCUT2D eigenvalue weighted by Crippen LogP contribution is 2.10. The molecule has 0 spiro atoms. The summed E-state index contributed by atoms with van der Waals surface area (Å²) in [6.07, 6.45) is 0.813. The van der Waals surface area contributed by atoms with Gasteiger partial charge >= 0.3 is 0 Å². The number of methoxy groups -OCH3 is 1. The molecule has 0 radical (unpaired) electrons. The number of ketones is 1. The molecular weight excluding hydrogens is 214 g/mol. The number of rotatable bonds is 7. The van der Waals surface area contributed by atoms with Crippen molar-refractivity contribution in [2.75, 3.05) is 27.3 Å². The van der Waals surface area contributed by atoms with Gasteiger partial charge in [-0.25, -0.2) is 0 Å². The zero-order valence-corrected chi connectivity index (χ0v) is 10.8. The lowest BCUT2D eigenvalue weighted by atomic mass is 10.0. The first kappa shape index (κ1) is 13.9. The van der Waals surface area contributed by atoms with Crippen molar-refractivity contribution in [2.24, 2.45) is 0 Å². The number of ether oxygens (including phenoxy) is 1. The van der Waals surface area contributed by atoms with E-state index in [9.17, 15) is 4.79 Å². The van der Waals surface area contributed by atoms with Gasteiger partial charge in [-0.15, -0.1) is 0 Å². The minimum Gasteiger partial charge on any atom is -0.383 e. The number of Topliss-reactive ketones (excluding diaryl/α,β-unsaturated/α-hetero) is 1. The van der Waals surface area contributed by atoms with Crippen LogP contribution in [-0.2, 0) is 4.74 Å². The van der Waals surface area contributed by atoms with Crippen LogP contribution < -0.4 is 0 Å². The molecule has 1 aromatic carbocycles. The smallest absolute Gasteiger partial charge is 0.179 e. The molecular formula is C14H21NO2.